The topological polar surface area (TPSA) is 72.5 Å². The van der Waals surface area contributed by atoms with Crippen molar-refractivity contribution >= 4 is 5.91 Å². The van der Waals surface area contributed by atoms with E-state index in [1.807, 2.05) is 36.4 Å². The Kier molecular flexibility index (Phi) is 7.72. The van der Waals surface area contributed by atoms with Crippen LogP contribution in [0.3, 0.4) is 0 Å². The van der Waals surface area contributed by atoms with Gasteiger partial charge < -0.3 is 20.1 Å². The van der Waals surface area contributed by atoms with Gasteiger partial charge in [0.25, 0.3) is 0 Å². The first-order valence-corrected chi connectivity index (χ1v) is 8.34. The summed E-state index contributed by atoms with van der Waals surface area (Å²) in [6.45, 7) is 4.08. The van der Waals surface area contributed by atoms with E-state index in [2.05, 4.69) is 15.6 Å². The fraction of sp³-hybridized carbons (Fsp3) is 0.368. The second kappa shape index (κ2) is 10.3. The van der Waals surface area contributed by atoms with Gasteiger partial charge in [-0.3, -0.25) is 9.78 Å². The maximum atomic E-state index is 10.8. The maximum Gasteiger partial charge on any atom is 0.216 e. The largest absolute Gasteiger partial charge is 0.497 e. The van der Waals surface area contributed by atoms with Crippen LogP contribution >= 0.6 is 0 Å². The highest BCUT2D eigenvalue weighted by Gasteiger charge is 2.07. The van der Waals surface area contributed by atoms with Crippen LogP contribution in [0.4, 0.5) is 0 Å². The summed E-state index contributed by atoms with van der Waals surface area (Å²) in [7, 11) is 1.65. The van der Waals surface area contributed by atoms with Crippen LogP contribution in [0.15, 0.2) is 42.6 Å². The molecule has 0 atom stereocenters. The summed E-state index contributed by atoms with van der Waals surface area (Å²) in [4.78, 5) is 15.1. The van der Waals surface area contributed by atoms with Crippen LogP contribution in [0.25, 0.3) is 0 Å². The average Bonchev–Trinajstić information content (AvgIpc) is 2.64. The van der Waals surface area contributed by atoms with E-state index in [9.17, 15) is 4.79 Å². The minimum Gasteiger partial charge on any atom is -0.497 e. The molecule has 0 unspecified atom stereocenters. The first-order chi connectivity index (χ1) is 12.2. The van der Waals surface area contributed by atoms with Crippen molar-refractivity contribution in [3.8, 4) is 11.5 Å². The normalized spacial score (nSPS) is 10.3. The zero-order valence-electron chi connectivity index (χ0n) is 14.7. The van der Waals surface area contributed by atoms with Crippen LogP contribution in [0.1, 0.15) is 24.6 Å². The van der Waals surface area contributed by atoms with Crippen LogP contribution in [0.2, 0.25) is 0 Å². The summed E-state index contributed by atoms with van der Waals surface area (Å²) in [5.74, 6) is 1.60. The van der Waals surface area contributed by atoms with Crippen molar-refractivity contribution in [1.82, 2.24) is 15.6 Å². The second-order valence-corrected chi connectivity index (χ2v) is 5.60. The van der Waals surface area contributed by atoms with E-state index < -0.39 is 0 Å². The number of methoxy groups -OCH3 is 1. The minimum absolute atomic E-state index is 0.00185. The Labute approximate surface area is 148 Å². The number of amides is 1. The fourth-order valence-electron chi connectivity index (χ4n) is 2.30. The molecule has 0 radical (unpaired) electrons. The smallest absolute Gasteiger partial charge is 0.216 e. The summed E-state index contributed by atoms with van der Waals surface area (Å²) in [6.07, 6.45) is 2.62. The number of hydrogen-bond donors (Lipinski definition) is 2. The lowest BCUT2D eigenvalue weighted by Crippen LogP contribution is -2.25. The molecule has 1 aromatic heterocycles. The molecule has 2 rings (SSSR count). The lowest BCUT2D eigenvalue weighted by molar-refractivity contribution is -0.118. The summed E-state index contributed by atoms with van der Waals surface area (Å²) in [5.41, 5.74) is 1.90. The number of rotatable bonds is 10. The van der Waals surface area contributed by atoms with Crippen LogP contribution in [0, 0.1) is 0 Å². The number of benzene rings is 1. The Bertz CT molecular complexity index is 662. The SMILES string of the molecule is COc1ccc(OCc2ccccn2)c(CNCCCNC(C)=O)c1. The van der Waals surface area contributed by atoms with Crippen molar-refractivity contribution in [2.24, 2.45) is 0 Å². The molecule has 134 valence electrons. The van der Waals surface area contributed by atoms with Gasteiger partial charge in [0, 0.05) is 31.8 Å². The Balaban J connectivity index is 1.89. The van der Waals surface area contributed by atoms with Gasteiger partial charge in [0.1, 0.15) is 18.1 Å². The van der Waals surface area contributed by atoms with Crippen LogP contribution < -0.4 is 20.1 Å². The molecule has 25 heavy (non-hydrogen) atoms. The first kappa shape index (κ1) is 18.7. The zero-order valence-corrected chi connectivity index (χ0v) is 14.7. The molecule has 0 bridgehead atoms. The third-order valence-corrected chi connectivity index (χ3v) is 3.59. The highest BCUT2D eigenvalue weighted by Crippen LogP contribution is 2.24. The third-order valence-electron chi connectivity index (χ3n) is 3.59. The molecule has 0 aliphatic rings. The van der Waals surface area contributed by atoms with Gasteiger partial charge in [0.15, 0.2) is 0 Å². The molecule has 2 aromatic rings. The number of aromatic nitrogens is 1. The minimum atomic E-state index is -0.00185. The number of hydrogen-bond acceptors (Lipinski definition) is 5. The van der Waals surface area contributed by atoms with Crippen LogP contribution in [-0.4, -0.2) is 31.1 Å². The lowest BCUT2D eigenvalue weighted by Gasteiger charge is -2.13. The highest BCUT2D eigenvalue weighted by atomic mass is 16.5. The monoisotopic (exact) mass is 343 g/mol. The molecule has 0 aliphatic heterocycles. The predicted octanol–water partition coefficient (Wildman–Crippen LogP) is 2.29. The van der Waals surface area contributed by atoms with E-state index in [0.717, 1.165) is 35.7 Å². The van der Waals surface area contributed by atoms with Crippen molar-refractivity contribution < 1.29 is 14.3 Å². The number of ether oxygens (including phenoxy) is 2. The third kappa shape index (κ3) is 6.81. The Morgan fingerprint density at radius 1 is 1.20 bits per heavy atom. The number of pyridine rings is 1. The summed E-state index contributed by atoms with van der Waals surface area (Å²) in [6, 6.07) is 11.5. The fourth-order valence-corrected chi connectivity index (χ4v) is 2.30. The van der Waals surface area contributed by atoms with Crippen LogP contribution in [-0.2, 0) is 17.9 Å². The van der Waals surface area contributed by atoms with Gasteiger partial charge in [-0.2, -0.15) is 0 Å². The zero-order chi connectivity index (χ0) is 17.9. The van der Waals surface area contributed by atoms with Gasteiger partial charge >= 0.3 is 0 Å². The van der Waals surface area contributed by atoms with Crippen LogP contribution in [0.5, 0.6) is 11.5 Å². The van der Waals surface area contributed by atoms with Gasteiger partial charge in [-0.25, -0.2) is 0 Å². The molecule has 0 fully saturated rings. The molecule has 1 aromatic carbocycles. The quantitative estimate of drug-likeness (QED) is 0.648. The summed E-state index contributed by atoms with van der Waals surface area (Å²) >= 11 is 0. The molecule has 0 saturated carbocycles. The van der Waals surface area contributed by atoms with Crippen molar-refractivity contribution in [3.05, 3.63) is 53.9 Å². The standard InChI is InChI=1S/C19H25N3O3/c1-15(23)21-11-5-9-20-13-16-12-18(24-2)7-8-19(16)25-14-17-6-3-4-10-22-17/h3-4,6-8,10,12,20H,5,9,11,13-14H2,1-2H3,(H,21,23). The second-order valence-electron chi connectivity index (χ2n) is 5.60. The number of nitrogens with one attached hydrogen (secondary N) is 2. The Morgan fingerprint density at radius 2 is 2.08 bits per heavy atom. The van der Waals surface area contributed by atoms with Crippen molar-refractivity contribution in [3.63, 3.8) is 0 Å². The number of nitrogens with zero attached hydrogens (tertiary/aromatic N) is 1. The molecule has 6 heteroatoms. The first-order valence-electron chi connectivity index (χ1n) is 8.34. The van der Waals surface area contributed by atoms with Crippen molar-refractivity contribution in [1.29, 1.82) is 0 Å². The Morgan fingerprint density at radius 3 is 2.80 bits per heavy atom. The average molecular weight is 343 g/mol. The van der Waals surface area contributed by atoms with Gasteiger partial charge in [0.2, 0.25) is 5.91 Å². The lowest BCUT2D eigenvalue weighted by atomic mass is 10.2. The molecule has 0 saturated heterocycles. The molecule has 0 spiro atoms. The van der Waals surface area contributed by atoms with E-state index in [1.165, 1.54) is 6.92 Å². The van der Waals surface area contributed by atoms with Gasteiger partial charge in [-0.1, -0.05) is 6.07 Å². The Hall–Kier alpha value is -2.60. The molecule has 0 aliphatic carbocycles. The van der Waals surface area contributed by atoms with Crippen molar-refractivity contribution in [2.45, 2.75) is 26.5 Å². The van der Waals surface area contributed by atoms with Gasteiger partial charge in [-0.15, -0.1) is 0 Å². The predicted molar refractivity (Wildman–Crippen MR) is 96.6 cm³/mol. The molecular formula is C19H25N3O3. The number of carbonyl (C=O) groups is 1. The van der Waals surface area contributed by atoms with Gasteiger partial charge in [-0.05, 0) is 43.3 Å². The van der Waals surface area contributed by atoms with E-state index in [1.54, 1.807) is 13.3 Å². The van der Waals surface area contributed by atoms with E-state index in [-0.39, 0.29) is 5.91 Å². The number of carbonyl (C=O) groups excluding carboxylic acids is 1. The molecule has 1 amide bonds. The molecule has 1 heterocycles. The van der Waals surface area contributed by atoms with E-state index in [0.29, 0.717) is 19.7 Å². The molecule has 6 nitrogen and oxygen atoms in total. The summed E-state index contributed by atoms with van der Waals surface area (Å²) < 4.78 is 11.2. The molecular weight excluding hydrogens is 318 g/mol. The molecule has 2 N–H and O–H groups in total. The highest BCUT2D eigenvalue weighted by molar-refractivity contribution is 5.72. The van der Waals surface area contributed by atoms with Crippen molar-refractivity contribution in [2.75, 3.05) is 20.2 Å². The summed E-state index contributed by atoms with van der Waals surface area (Å²) in [5, 5.41) is 6.14. The van der Waals surface area contributed by atoms with E-state index in [4.69, 9.17) is 9.47 Å². The van der Waals surface area contributed by atoms with Gasteiger partial charge in [0.05, 0.1) is 12.8 Å². The van der Waals surface area contributed by atoms with E-state index >= 15 is 0 Å². The maximum absolute atomic E-state index is 10.8.